The quantitative estimate of drug-likeness (QED) is 0.519. The number of aryl methyl sites for hydroxylation is 1. The van der Waals surface area contributed by atoms with E-state index in [-0.39, 0.29) is 19.1 Å². The van der Waals surface area contributed by atoms with Crippen LogP contribution < -0.4 is 4.90 Å². The SMILES string of the molecule is COC(=O)N1c2ccc3c(nc(C[C@@H](C(=O)O)c4ccccc4)n3[C@H]3COCC(F)(F)C3)c2CC[C@@H]1C. The molecule has 3 heterocycles. The number of carbonyl (C=O) groups is 2. The summed E-state index contributed by atoms with van der Waals surface area (Å²) in [5.74, 6) is -4.55. The summed E-state index contributed by atoms with van der Waals surface area (Å²) in [6.07, 6.45) is 0.410. The number of fused-ring (bicyclic) bond motifs is 3. The molecule has 0 bridgehead atoms. The Labute approximate surface area is 212 Å². The summed E-state index contributed by atoms with van der Waals surface area (Å²) < 4.78 is 40.8. The van der Waals surface area contributed by atoms with Gasteiger partial charge >= 0.3 is 12.1 Å². The average molecular weight is 514 g/mol. The molecule has 37 heavy (non-hydrogen) atoms. The van der Waals surface area contributed by atoms with Gasteiger partial charge in [0.2, 0.25) is 0 Å². The number of carbonyl (C=O) groups excluding carboxylic acids is 1. The summed E-state index contributed by atoms with van der Waals surface area (Å²) in [6.45, 7) is 1.36. The van der Waals surface area contributed by atoms with E-state index in [0.29, 0.717) is 41.0 Å². The van der Waals surface area contributed by atoms with Gasteiger partial charge in [0, 0.05) is 24.4 Å². The minimum Gasteiger partial charge on any atom is -0.481 e. The lowest BCUT2D eigenvalue weighted by atomic mass is 9.95. The second-order valence-corrected chi connectivity index (χ2v) is 9.79. The van der Waals surface area contributed by atoms with E-state index in [1.807, 2.05) is 6.92 Å². The predicted molar refractivity (Wildman–Crippen MR) is 132 cm³/mol. The van der Waals surface area contributed by atoms with Crippen LogP contribution in [-0.2, 0) is 27.1 Å². The van der Waals surface area contributed by atoms with Gasteiger partial charge in [-0.15, -0.1) is 0 Å². The smallest absolute Gasteiger partial charge is 0.414 e. The van der Waals surface area contributed by atoms with Gasteiger partial charge in [-0.3, -0.25) is 9.69 Å². The number of rotatable bonds is 5. The van der Waals surface area contributed by atoms with Gasteiger partial charge in [-0.05, 0) is 37.5 Å². The molecule has 1 saturated heterocycles. The van der Waals surface area contributed by atoms with Crippen LogP contribution in [0.25, 0.3) is 11.0 Å². The third-order valence-electron chi connectivity index (χ3n) is 7.31. The van der Waals surface area contributed by atoms with Crippen molar-refractivity contribution in [3.05, 3.63) is 59.4 Å². The van der Waals surface area contributed by atoms with E-state index in [4.69, 9.17) is 14.5 Å². The van der Waals surface area contributed by atoms with Crippen LogP contribution in [0.3, 0.4) is 0 Å². The topological polar surface area (TPSA) is 93.9 Å². The number of anilines is 1. The standard InChI is InChI=1S/C27H29F2N3O5/c1-16-8-9-19-21(31(16)26(35)36-2)10-11-22-24(19)30-23(32(22)18-13-27(28,29)15-37-14-18)12-20(25(33)34)17-6-4-3-5-7-17/h3-7,10-11,16,18,20H,8-9,12-15H2,1-2H3,(H,33,34)/t16-,18+,20+/m0/s1. The Bertz CT molecular complexity index is 1330. The highest BCUT2D eigenvalue weighted by molar-refractivity contribution is 5.95. The minimum atomic E-state index is -3.01. The number of ether oxygens (including phenoxy) is 2. The van der Waals surface area contributed by atoms with Gasteiger partial charge in [0.05, 0.1) is 42.4 Å². The van der Waals surface area contributed by atoms with Crippen LogP contribution in [0.2, 0.25) is 0 Å². The highest BCUT2D eigenvalue weighted by Gasteiger charge is 2.40. The van der Waals surface area contributed by atoms with Crippen LogP contribution in [0, 0.1) is 0 Å². The zero-order chi connectivity index (χ0) is 26.3. The number of carboxylic acids is 1. The van der Waals surface area contributed by atoms with Crippen molar-refractivity contribution in [2.75, 3.05) is 25.2 Å². The van der Waals surface area contributed by atoms with Crippen LogP contribution in [0.15, 0.2) is 42.5 Å². The molecule has 0 spiro atoms. The van der Waals surface area contributed by atoms with Crippen molar-refractivity contribution in [1.82, 2.24) is 9.55 Å². The molecule has 8 nitrogen and oxygen atoms in total. The Hall–Kier alpha value is -3.53. The number of hydrogen-bond acceptors (Lipinski definition) is 5. The molecule has 2 aromatic carbocycles. The molecule has 2 aliphatic heterocycles. The summed E-state index contributed by atoms with van der Waals surface area (Å²) in [4.78, 5) is 31.3. The molecular formula is C27H29F2N3O5. The third kappa shape index (κ3) is 4.66. The molecule has 196 valence electrons. The normalized spacial score (nSPS) is 21.9. The molecule has 2 aliphatic rings. The Morgan fingerprint density at radius 3 is 2.68 bits per heavy atom. The number of halogens is 2. The van der Waals surface area contributed by atoms with Crippen molar-refractivity contribution in [3.8, 4) is 0 Å². The van der Waals surface area contributed by atoms with Gasteiger partial charge in [-0.1, -0.05) is 30.3 Å². The highest BCUT2D eigenvalue weighted by atomic mass is 19.3. The number of carboxylic acid groups (broad SMARTS) is 1. The number of alkyl halides is 2. The van der Waals surface area contributed by atoms with E-state index in [2.05, 4.69) is 0 Å². The monoisotopic (exact) mass is 513 g/mol. The molecule has 1 aromatic heterocycles. The zero-order valence-corrected chi connectivity index (χ0v) is 20.7. The van der Waals surface area contributed by atoms with E-state index < -0.39 is 43.0 Å². The lowest BCUT2D eigenvalue weighted by Crippen LogP contribution is -2.42. The Morgan fingerprint density at radius 2 is 2.00 bits per heavy atom. The van der Waals surface area contributed by atoms with Crippen molar-refractivity contribution in [2.45, 2.75) is 56.5 Å². The molecule has 0 aliphatic carbocycles. The number of aliphatic carboxylic acids is 1. The molecule has 5 rings (SSSR count). The summed E-state index contributed by atoms with van der Waals surface area (Å²) in [6, 6.07) is 11.6. The summed E-state index contributed by atoms with van der Waals surface area (Å²) in [5.41, 5.74) is 3.29. The lowest BCUT2D eigenvalue weighted by Gasteiger charge is -2.34. The molecule has 0 unspecified atom stereocenters. The lowest BCUT2D eigenvalue weighted by molar-refractivity contribution is -0.139. The fraction of sp³-hybridized carbons (Fsp3) is 0.444. The first-order valence-corrected chi connectivity index (χ1v) is 12.3. The molecule has 3 aromatic rings. The van der Waals surface area contributed by atoms with Crippen molar-refractivity contribution in [3.63, 3.8) is 0 Å². The molecule has 1 amide bonds. The Morgan fingerprint density at radius 1 is 1.24 bits per heavy atom. The first-order valence-electron chi connectivity index (χ1n) is 12.3. The molecule has 3 atom stereocenters. The zero-order valence-electron chi connectivity index (χ0n) is 20.7. The second kappa shape index (κ2) is 9.74. The van der Waals surface area contributed by atoms with E-state index in [0.717, 1.165) is 5.56 Å². The number of amides is 1. The molecule has 1 N–H and O–H groups in total. The average Bonchev–Trinajstić information content (AvgIpc) is 3.25. The number of benzene rings is 2. The Kier molecular flexibility index (Phi) is 6.61. The van der Waals surface area contributed by atoms with Gasteiger partial charge in [-0.2, -0.15) is 0 Å². The highest BCUT2D eigenvalue weighted by Crippen LogP contribution is 2.40. The number of nitrogens with zero attached hydrogens (tertiary/aromatic N) is 3. The molecule has 0 radical (unpaired) electrons. The van der Waals surface area contributed by atoms with Crippen LogP contribution >= 0.6 is 0 Å². The van der Waals surface area contributed by atoms with E-state index in [1.165, 1.54) is 7.11 Å². The van der Waals surface area contributed by atoms with Gasteiger partial charge in [0.15, 0.2) is 0 Å². The van der Waals surface area contributed by atoms with E-state index >= 15 is 0 Å². The Balaban J connectivity index is 1.67. The van der Waals surface area contributed by atoms with Crippen LogP contribution in [-0.4, -0.2) is 59.0 Å². The van der Waals surface area contributed by atoms with Crippen LogP contribution in [0.5, 0.6) is 0 Å². The fourth-order valence-electron chi connectivity index (χ4n) is 5.56. The number of imidazole rings is 1. The molecule has 1 fully saturated rings. The summed E-state index contributed by atoms with van der Waals surface area (Å²) in [5, 5.41) is 10.1. The van der Waals surface area contributed by atoms with Crippen LogP contribution in [0.1, 0.15) is 48.7 Å². The van der Waals surface area contributed by atoms with E-state index in [9.17, 15) is 23.5 Å². The van der Waals surface area contributed by atoms with E-state index in [1.54, 1.807) is 51.9 Å². The number of hydrogen-bond donors (Lipinski definition) is 1. The predicted octanol–water partition coefficient (Wildman–Crippen LogP) is 4.95. The van der Waals surface area contributed by atoms with Crippen molar-refractivity contribution >= 4 is 28.8 Å². The maximum absolute atomic E-state index is 14.4. The van der Waals surface area contributed by atoms with Crippen LogP contribution in [0.4, 0.5) is 19.3 Å². The summed E-state index contributed by atoms with van der Waals surface area (Å²) >= 11 is 0. The largest absolute Gasteiger partial charge is 0.481 e. The molecule has 0 saturated carbocycles. The second-order valence-electron chi connectivity index (χ2n) is 9.79. The fourth-order valence-corrected chi connectivity index (χ4v) is 5.56. The maximum atomic E-state index is 14.4. The minimum absolute atomic E-state index is 0.0159. The van der Waals surface area contributed by atoms with Gasteiger partial charge in [0.25, 0.3) is 5.92 Å². The molecular weight excluding hydrogens is 484 g/mol. The number of methoxy groups -OCH3 is 1. The first-order chi connectivity index (χ1) is 17.7. The maximum Gasteiger partial charge on any atom is 0.414 e. The molecule has 10 heteroatoms. The van der Waals surface area contributed by atoms with Gasteiger partial charge in [0.1, 0.15) is 12.4 Å². The van der Waals surface area contributed by atoms with Gasteiger partial charge < -0.3 is 19.1 Å². The van der Waals surface area contributed by atoms with Crippen molar-refractivity contribution < 1.29 is 33.0 Å². The van der Waals surface area contributed by atoms with Gasteiger partial charge in [-0.25, -0.2) is 18.6 Å². The summed E-state index contributed by atoms with van der Waals surface area (Å²) in [7, 11) is 1.33. The van der Waals surface area contributed by atoms with Crippen molar-refractivity contribution in [1.29, 1.82) is 0 Å². The third-order valence-corrected chi connectivity index (χ3v) is 7.31. The number of aromatic nitrogens is 2. The first kappa shape index (κ1) is 25.1. The van der Waals surface area contributed by atoms with Crippen molar-refractivity contribution in [2.24, 2.45) is 0 Å².